The molecule has 18 heavy (non-hydrogen) atoms. The van der Waals surface area contributed by atoms with Crippen molar-refractivity contribution in [3.05, 3.63) is 52.4 Å². The lowest BCUT2D eigenvalue weighted by Crippen LogP contribution is -2.16. The smallest absolute Gasteiger partial charge is 0.265 e. The molecule has 0 radical (unpaired) electrons. The first kappa shape index (κ1) is 12.1. The molecule has 0 fully saturated rings. The van der Waals surface area contributed by atoms with Gasteiger partial charge < -0.3 is 9.47 Å². The van der Waals surface area contributed by atoms with Gasteiger partial charge in [-0.25, -0.2) is 4.98 Å². The number of rotatable bonds is 4. The van der Waals surface area contributed by atoms with Crippen LogP contribution in [0.25, 0.3) is 0 Å². The zero-order chi connectivity index (χ0) is 13.0. The third kappa shape index (κ3) is 2.85. The first-order chi connectivity index (χ1) is 8.69. The van der Waals surface area contributed by atoms with E-state index in [-0.39, 0.29) is 11.8 Å². The molecule has 6 heteroatoms. The molecule has 0 saturated heterocycles. The van der Waals surface area contributed by atoms with E-state index in [1.807, 2.05) is 0 Å². The summed E-state index contributed by atoms with van der Waals surface area (Å²) in [4.78, 5) is 14.1. The Hall–Kier alpha value is -2.37. The number of hydrogen-bond acceptors (Lipinski definition) is 5. The third-order valence-electron chi connectivity index (χ3n) is 2.46. The summed E-state index contributed by atoms with van der Waals surface area (Å²) in [6.45, 7) is 0. The lowest BCUT2D eigenvalue weighted by Gasteiger charge is -2.15. The Labute approximate surface area is 104 Å². The van der Waals surface area contributed by atoms with Crippen LogP contribution in [0.5, 0.6) is 11.6 Å². The lowest BCUT2D eigenvalue weighted by molar-refractivity contribution is -0.419. The molecule has 0 aromatic carbocycles. The van der Waals surface area contributed by atoms with Crippen molar-refractivity contribution in [2.75, 3.05) is 7.11 Å². The fraction of sp³-hybridized carbons (Fsp3) is 0.250. The van der Waals surface area contributed by atoms with Gasteiger partial charge in [0.05, 0.1) is 18.2 Å². The quantitative estimate of drug-likeness (QED) is 0.601. The van der Waals surface area contributed by atoms with Crippen molar-refractivity contribution in [2.24, 2.45) is 0 Å². The zero-order valence-electron chi connectivity index (χ0n) is 9.78. The van der Waals surface area contributed by atoms with Crippen LogP contribution in [0.3, 0.4) is 0 Å². The van der Waals surface area contributed by atoms with Gasteiger partial charge in [-0.3, -0.25) is 10.1 Å². The molecule has 94 valence electrons. The molecule has 0 spiro atoms. The van der Waals surface area contributed by atoms with Gasteiger partial charge in [-0.15, -0.1) is 0 Å². The van der Waals surface area contributed by atoms with Gasteiger partial charge in [0, 0.05) is 18.6 Å². The van der Waals surface area contributed by atoms with E-state index in [1.165, 1.54) is 13.2 Å². The van der Waals surface area contributed by atoms with E-state index in [1.54, 1.807) is 30.5 Å². The molecular weight excluding hydrogens is 236 g/mol. The first-order valence-corrected chi connectivity index (χ1v) is 5.38. The van der Waals surface area contributed by atoms with Crippen LogP contribution >= 0.6 is 0 Å². The summed E-state index contributed by atoms with van der Waals surface area (Å²) in [7, 11) is 1.54. The number of nitrogens with zero attached hydrogens (tertiary/aromatic N) is 2. The van der Waals surface area contributed by atoms with Gasteiger partial charge in [0.1, 0.15) is 11.9 Å². The lowest BCUT2D eigenvalue weighted by atomic mass is 10.1. The van der Waals surface area contributed by atoms with Crippen molar-refractivity contribution >= 4 is 0 Å². The minimum absolute atomic E-state index is 0.0997. The number of hydrogen-bond donors (Lipinski definition) is 0. The van der Waals surface area contributed by atoms with Gasteiger partial charge >= 0.3 is 0 Å². The fourth-order valence-electron chi connectivity index (χ4n) is 1.54. The molecule has 0 amide bonds. The number of methoxy groups -OCH3 is 1. The maximum atomic E-state index is 10.5. The molecule has 1 aliphatic rings. The molecule has 1 unspecified atom stereocenters. The Morgan fingerprint density at radius 3 is 2.83 bits per heavy atom. The average molecular weight is 248 g/mol. The molecule has 6 nitrogen and oxygen atoms in total. The van der Waals surface area contributed by atoms with Crippen molar-refractivity contribution in [3.8, 4) is 11.6 Å². The van der Waals surface area contributed by atoms with Crippen LogP contribution in [0.4, 0.5) is 0 Å². The Kier molecular flexibility index (Phi) is 3.57. The average Bonchev–Trinajstić information content (AvgIpc) is 2.40. The summed E-state index contributed by atoms with van der Waals surface area (Å²) in [6.07, 6.45) is 6.48. The molecule has 1 aromatic rings. The van der Waals surface area contributed by atoms with Gasteiger partial charge in [-0.05, 0) is 18.2 Å². The van der Waals surface area contributed by atoms with E-state index in [0.717, 1.165) is 0 Å². The molecule has 0 aliphatic heterocycles. The number of ether oxygens (including phenoxy) is 2. The molecule has 0 saturated carbocycles. The summed E-state index contributed by atoms with van der Waals surface area (Å²) in [5.74, 6) is 1.11. The summed E-state index contributed by atoms with van der Waals surface area (Å²) in [5.41, 5.74) is 0.0997. The normalized spacial score (nSPS) is 18.1. The number of nitro groups is 1. The second kappa shape index (κ2) is 5.31. The molecule has 1 aromatic heterocycles. The fourth-order valence-corrected chi connectivity index (χ4v) is 1.54. The minimum Gasteiger partial charge on any atom is -0.484 e. The van der Waals surface area contributed by atoms with Crippen LogP contribution in [0.2, 0.25) is 0 Å². The molecule has 1 atom stereocenters. The highest BCUT2D eigenvalue weighted by Gasteiger charge is 2.16. The maximum absolute atomic E-state index is 10.5. The van der Waals surface area contributed by atoms with Crippen LogP contribution in [0.1, 0.15) is 6.42 Å². The van der Waals surface area contributed by atoms with Crippen LogP contribution in [-0.2, 0) is 0 Å². The summed E-state index contributed by atoms with van der Waals surface area (Å²) < 4.78 is 10.5. The van der Waals surface area contributed by atoms with Gasteiger partial charge in [0.25, 0.3) is 5.70 Å². The van der Waals surface area contributed by atoms with Crippen molar-refractivity contribution in [1.29, 1.82) is 0 Å². The SMILES string of the molecule is COc1ccc(OC2C=CC([N+](=O)[O-])=CC2)cn1. The van der Waals surface area contributed by atoms with Crippen LogP contribution in [0, 0.1) is 10.1 Å². The predicted octanol–water partition coefficient (Wildman–Crippen LogP) is 1.96. The largest absolute Gasteiger partial charge is 0.484 e. The van der Waals surface area contributed by atoms with Gasteiger partial charge in [0.15, 0.2) is 0 Å². The Morgan fingerprint density at radius 2 is 2.33 bits per heavy atom. The molecule has 1 aliphatic carbocycles. The van der Waals surface area contributed by atoms with Crippen molar-refractivity contribution in [1.82, 2.24) is 4.98 Å². The highest BCUT2D eigenvalue weighted by atomic mass is 16.6. The van der Waals surface area contributed by atoms with E-state index >= 15 is 0 Å². The summed E-state index contributed by atoms with van der Waals surface area (Å²) in [5, 5.41) is 10.5. The number of allylic oxidation sites excluding steroid dienone is 1. The van der Waals surface area contributed by atoms with Crippen LogP contribution in [-0.4, -0.2) is 23.1 Å². The highest BCUT2D eigenvalue weighted by Crippen LogP contribution is 2.19. The molecular formula is C12H12N2O4. The molecule has 0 bridgehead atoms. The third-order valence-corrected chi connectivity index (χ3v) is 2.46. The molecule has 2 rings (SSSR count). The van der Waals surface area contributed by atoms with E-state index in [4.69, 9.17) is 9.47 Å². The topological polar surface area (TPSA) is 74.5 Å². The maximum Gasteiger partial charge on any atom is 0.265 e. The van der Waals surface area contributed by atoms with Gasteiger partial charge in [0.2, 0.25) is 5.88 Å². The first-order valence-electron chi connectivity index (χ1n) is 5.38. The predicted molar refractivity (Wildman–Crippen MR) is 64.0 cm³/mol. The summed E-state index contributed by atoms with van der Waals surface area (Å²) >= 11 is 0. The number of aromatic nitrogens is 1. The van der Waals surface area contributed by atoms with Crippen molar-refractivity contribution < 1.29 is 14.4 Å². The van der Waals surface area contributed by atoms with Gasteiger partial charge in [-0.1, -0.05) is 0 Å². The Bertz CT molecular complexity index is 493. The second-order valence-corrected chi connectivity index (χ2v) is 3.67. The summed E-state index contributed by atoms with van der Waals surface area (Å²) in [6, 6.07) is 3.44. The standard InChI is InChI=1S/C12H12N2O4/c1-17-12-7-6-11(8-13-12)18-10-4-2-9(3-5-10)14(15)16/h2-4,6-8,10H,5H2,1H3. The monoisotopic (exact) mass is 248 g/mol. The molecule has 1 heterocycles. The van der Waals surface area contributed by atoms with E-state index in [9.17, 15) is 10.1 Å². The van der Waals surface area contributed by atoms with E-state index < -0.39 is 4.92 Å². The van der Waals surface area contributed by atoms with Crippen LogP contribution < -0.4 is 9.47 Å². The van der Waals surface area contributed by atoms with Crippen molar-refractivity contribution in [3.63, 3.8) is 0 Å². The van der Waals surface area contributed by atoms with Crippen LogP contribution in [0.15, 0.2) is 42.3 Å². The Morgan fingerprint density at radius 1 is 1.50 bits per heavy atom. The van der Waals surface area contributed by atoms with E-state index in [2.05, 4.69) is 4.98 Å². The van der Waals surface area contributed by atoms with E-state index in [0.29, 0.717) is 18.1 Å². The highest BCUT2D eigenvalue weighted by molar-refractivity contribution is 5.25. The minimum atomic E-state index is -0.415. The van der Waals surface area contributed by atoms with Crippen molar-refractivity contribution in [2.45, 2.75) is 12.5 Å². The number of pyridine rings is 1. The second-order valence-electron chi connectivity index (χ2n) is 3.67. The zero-order valence-corrected chi connectivity index (χ0v) is 9.78. The molecule has 0 N–H and O–H groups in total. The Balaban J connectivity index is 1.96. The van der Waals surface area contributed by atoms with Gasteiger partial charge in [-0.2, -0.15) is 0 Å².